The van der Waals surface area contributed by atoms with Gasteiger partial charge in [0.2, 0.25) is 0 Å². The van der Waals surface area contributed by atoms with E-state index in [9.17, 15) is 14.4 Å². The van der Waals surface area contributed by atoms with Gasteiger partial charge in [0.25, 0.3) is 11.8 Å². The van der Waals surface area contributed by atoms with Crippen LogP contribution in [0, 0.1) is 0 Å². The van der Waals surface area contributed by atoms with Gasteiger partial charge in [-0.3, -0.25) is 19.3 Å². The zero-order chi connectivity index (χ0) is 18.7. The van der Waals surface area contributed by atoms with Gasteiger partial charge in [0.05, 0.1) is 31.2 Å². The molecular weight excluding hydrogens is 358 g/mol. The first kappa shape index (κ1) is 17.9. The summed E-state index contributed by atoms with van der Waals surface area (Å²) >= 11 is 5.93. The zero-order valence-electron chi connectivity index (χ0n) is 14.0. The van der Waals surface area contributed by atoms with Crippen molar-refractivity contribution in [1.29, 1.82) is 0 Å². The Morgan fingerprint density at radius 1 is 1.08 bits per heavy atom. The van der Waals surface area contributed by atoms with Crippen LogP contribution in [0.15, 0.2) is 42.5 Å². The molecule has 0 bridgehead atoms. The SMILES string of the molecule is COc1ccc(Cl)cc1CC(=O)OCCN1C(=O)c2ccccc2C1=O. The van der Waals surface area contributed by atoms with Crippen LogP contribution in [0.1, 0.15) is 26.3 Å². The van der Waals surface area contributed by atoms with Crippen molar-refractivity contribution in [2.24, 2.45) is 0 Å². The molecule has 0 spiro atoms. The Bertz CT molecular complexity index is 845. The molecule has 0 atom stereocenters. The highest BCUT2D eigenvalue weighted by molar-refractivity contribution is 6.30. The number of benzene rings is 2. The van der Waals surface area contributed by atoms with Crippen LogP contribution in [0.4, 0.5) is 0 Å². The van der Waals surface area contributed by atoms with E-state index in [0.29, 0.717) is 27.5 Å². The lowest BCUT2D eigenvalue weighted by atomic mass is 10.1. The molecule has 26 heavy (non-hydrogen) atoms. The first-order valence-electron chi connectivity index (χ1n) is 7.94. The lowest BCUT2D eigenvalue weighted by Gasteiger charge is -2.14. The average molecular weight is 374 g/mol. The number of methoxy groups -OCH3 is 1. The lowest BCUT2D eigenvalue weighted by molar-refractivity contribution is -0.143. The fourth-order valence-electron chi connectivity index (χ4n) is 2.78. The highest BCUT2D eigenvalue weighted by Gasteiger charge is 2.34. The molecule has 1 heterocycles. The van der Waals surface area contributed by atoms with Gasteiger partial charge >= 0.3 is 5.97 Å². The molecule has 1 aliphatic heterocycles. The summed E-state index contributed by atoms with van der Waals surface area (Å²) in [5.74, 6) is -0.717. The van der Waals surface area contributed by atoms with Crippen LogP contribution in [-0.2, 0) is 16.0 Å². The monoisotopic (exact) mass is 373 g/mol. The number of imide groups is 1. The molecule has 3 rings (SSSR count). The summed E-state index contributed by atoms with van der Waals surface area (Å²) in [5.41, 5.74) is 1.34. The predicted molar refractivity (Wildman–Crippen MR) is 94.5 cm³/mol. The van der Waals surface area contributed by atoms with E-state index in [1.165, 1.54) is 7.11 Å². The molecule has 2 aromatic rings. The molecule has 7 heteroatoms. The van der Waals surface area contributed by atoms with Gasteiger partial charge in [-0.2, -0.15) is 0 Å². The summed E-state index contributed by atoms with van der Waals surface area (Å²) in [6.07, 6.45) is -0.0220. The van der Waals surface area contributed by atoms with Crippen molar-refractivity contribution in [3.8, 4) is 5.75 Å². The molecule has 0 unspecified atom stereocenters. The molecule has 0 saturated carbocycles. The maximum absolute atomic E-state index is 12.2. The predicted octanol–water partition coefficient (Wildman–Crippen LogP) is 2.73. The summed E-state index contributed by atoms with van der Waals surface area (Å²) in [5, 5.41) is 0.486. The smallest absolute Gasteiger partial charge is 0.310 e. The maximum atomic E-state index is 12.2. The maximum Gasteiger partial charge on any atom is 0.310 e. The Morgan fingerprint density at radius 2 is 1.73 bits per heavy atom. The first-order valence-corrected chi connectivity index (χ1v) is 8.32. The summed E-state index contributed by atoms with van der Waals surface area (Å²) in [6.45, 7) is -0.0715. The molecule has 6 nitrogen and oxygen atoms in total. The van der Waals surface area contributed by atoms with Crippen LogP contribution in [0.5, 0.6) is 5.75 Å². The van der Waals surface area contributed by atoms with E-state index in [1.807, 2.05) is 0 Å². The van der Waals surface area contributed by atoms with Crippen LogP contribution in [0.25, 0.3) is 0 Å². The third-order valence-electron chi connectivity index (χ3n) is 4.03. The molecule has 0 N–H and O–H groups in total. The van der Waals surface area contributed by atoms with E-state index in [4.69, 9.17) is 21.1 Å². The minimum Gasteiger partial charge on any atom is -0.496 e. The highest BCUT2D eigenvalue weighted by atomic mass is 35.5. The fourth-order valence-corrected chi connectivity index (χ4v) is 2.98. The molecule has 1 aliphatic rings. The van der Waals surface area contributed by atoms with Crippen molar-refractivity contribution in [2.45, 2.75) is 6.42 Å². The Hall–Kier alpha value is -2.86. The number of fused-ring (bicyclic) bond motifs is 1. The first-order chi connectivity index (χ1) is 12.5. The topological polar surface area (TPSA) is 72.9 Å². The number of nitrogens with zero attached hydrogens (tertiary/aromatic N) is 1. The van der Waals surface area contributed by atoms with Crippen LogP contribution < -0.4 is 4.74 Å². The van der Waals surface area contributed by atoms with Crippen molar-refractivity contribution < 1.29 is 23.9 Å². The van der Waals surface area contributed by atoms with Crippen molar-refractivity contribution in [3.05, 3.63) is 64.2 Å². The number of hydrogen-bond acceptors (Lipinski definition) is 5. The fraction of sp³-hybridized carbons (Fsp3) is 0.211. The quantitative estimate of drug-likeness (QED) is 0.575. The summed E-state index contributed by atoms with van der Waals surface area (Å²) in [4.78, 5) is 37.6. The van der Waals surface area contributed by atoms with E-state index in [0.717, 1.165) is 4.90 Å². The van der Waals surface area contributed by atoms with Gasteiger partial charge in [-0.05, 0) is 30.3 Å². The second-order valence-electron chi connectivity index (χ2n) is 5.66. The Kier molecular flexibility index (Phi) is 5.23. The number of amides is 2. The molecule has 0 aromatic heterocycles. The largest absolute Gasteiger partial charge is 0.496 e. The van der Waals surface area contributed by atoms with E-state index in [2.05, 4.69) is 0 Å². The minimum atomic E-state index is -0.498. The molecule has 2 amide bonds. The van der Waals surface area contributed by atoms with E-state index in [1.54, 1.807) is 42.5 Å². The van der Waals surface area contributed by atoms with Crippen molar-refractivity contribution >= 4 is 29.4 Å². The second-order valence-corrected chi connectivity index (χ2v) is 6.10. The standard InChI is InChI=1S/C19H16ClNO5/c1-25-16-7-6-13(20)10-12(16)11-17(22)26-9-8-21-18(23)14-4-2-3-5-15(14)19(21)24/h2-7,10H,8-9,11H2,1H3. The van der Waals surface area contributed by atoms with Crippen LogP contribution >= 0.6 is 11.6 Å². The molecule has 0 radical (unpaired) electrons. The van der Waals surface area contributed by atoms with Gasteiger partial charge in [0, 0.05) is 10.6 Å². The van der Waals surface area contributed by atoms with Crippen molar-refractivity contribution in [3.63, 3.8) is 0 Å². The van der Waals surface area contributed by atoms with Crippen LogP contribution in [-0.4, -0.2) is 42.9 Å². The highest BCUT2D eigenvalue weighted by Crippen LogP contribution is 2.24. The average Bonchev–Trinajstić information content (AvgIpc) is 2.87. The number of carbonyl (C=O) groups excluding carboxylic acids is 3. The van der Waals surface area contributed by atoms with Gasteiger partial charge in [0.15, 0.2) is 0 Å². The Balaban J connectivity index is 1.56. The summed E-state index contributed by atoms with van der Waals surface area (Å²) in [6, 6.07) is 11.6. The van der Waals surface area contributed by atoms with E-state index >= 15 is 0 Å². The molecule has 2 aromatic carbocycles. The van der Waals surface area contributed by atoms with Crippen molar-refractivity contribution in [2.75, 3.05) is 20.3 Å². The van der Waals surface area contributed by atoms with Gasteiger partial charge in [-0.15, -0.1) is 0 Å². The number of hydrogen-bond donors (Lipinski definition) is 0. The lowest BCUT2D eigenvalue weighted by Crippen LogP contribution is -2.33. The molecular formula is C19H16ClNO5. The third-order valence-corrected chi connectivity index (χ3v) is 4.27. The molecule has 0 aliphatic carbocycles. The summed E-state index contributed by atoms with van der Waals surface area (Å²) in [7, 11) is 1.50. The van der Waals surface area contributed by atoms with Gasteiger partial charge in [-0.25, -0.2) is 0 Å². The normalized spacial score (nSPS) is 12.9. The van der Waals surface area contributed by atoms with E-state index < -0.39 is 5.97 Å². The van der Waals surface area contributed by atoms with Crippen LogP contribution in [0.3, 0.4) is 0 Å². The Labute approximate surface area is 155 Å². The number of esters is 1. The van der Waals surface area contributed by atoms with Crippen LogP contribution in [0.2, 0.25) is 5.02 Å². The van der Waals surface area contributed by atoms with Gasteiger partial charge in [-0.1, -0.05) is 23.7 Å². The molecule has 134 valence electrons. The summed E-state index contributed by atoms with van der Waals surface area (Å²) < 4.78 is 10.3. The number of ether oxygens (including phenoxy) is 2. The third kappa shape index (κ3) is 3.55. The molecule has 0 saturated heterocycles. The zero-order valence-corrected chi connectivity index (χ0v) is 14.8. The number of rotatable bonds is 6. The van der Waals surface area contributed by atoms with E-state index in [-0.39, 0.29) is 31.4 Å². The second kappa shape index (κ2) is 7.58. The minimum absolute atomic E-state index is 0.00473. The van der Waals surface area contributed by atoms with Gasteiger partial charge in [0.1, 0.15) is 12.4 Å². The number of halogens is 1. The Morgan fingerprint density at radius 3 is 2.35 bits per heavy atom. The number of carbonyl (C=O) groups is 3. The molecule has 0 fully saturated rings. The van der Waals surface area contributed by atoms with Gasteiger partial charge < -0.3 is 9.47 Å². The van der Waals surface area contributed by atoms with Crippen molar-refractivity contribution in [1.82, 2.24) is 4.90 Å².